The zero-order valence-corrected chi connectivity index (χ0v) is 11.5. The van der Waals surface area contributed by atoms with E-state index < -0.39 is 23.9 Å². The summed E-state index contributed by atoms with van der Waals surface area (Å²) in [5, 5.41) is 30.0. The first-order valence-electron chi connectivity index (χ1n) is 6.13. The van der Waals surface area contributed by atoms with Crippen LogP contribution in [-0.2, 0) is 9.53 Å². The maximum Gasteiger partial charge on any atom is 0.313 e. The lowest BCUT2D eigenvalue weighted by molar-refractivity contribution is -0.139. The van der Waals surface area contributed by atoms with Crippen molar-refractivity contribution in [2.75, 3.05) is 7.11 Å². The topological polar surface area (TPSA) is 104 Å². The molecule has 0 aliphatic heterocycles. The normalized spacial score (nSPS) is 10.6. The highest BCUT2D eigenvalue weighted by Crippen LogP contribution is 2.40. The standard InChI is InChI=1S/C15H14O6/c1-7-3-8-4-9(16)5-10(17)14(8)15(20)13(7)11(18)6-12(19)21-2/h3-5,16-17,20H,6H2,1-2H3. The molecule has 0 saturated heterocycles. The second-order valence-corrected chi connectivity index (χ2v) is 4.66. The maximum absolute atomic E-state index is 12.1. The Bertz CT molecular complexity index is 748. The van der Waals surface area contributed by atoms with Crippen LogP contribution in [0, 0.1) is 6.92 Å². The third kappa shape index (κ3) is 2.60. The monoisotopic (exact) mass is 290 g/mol. The van der Waals surface area contributed by atoms with Gasteiger partial charge in [-0.1, -0.05) is 6.07 Å². The van der Waals surface area contributed by atoms with Crippen LogP contribution < -0.4 is 0 Å². The van der Waals surface area contributed by atoms with Crippen LogP contribution in [0.5, 0.6) is 17.2 Å². The molecule has 6 nitrogen and oxygen atoms in total. The van der Waals surface area contributed by atoms with Crippen LogP contribution in [0.2, 0.25) is 0 Å². The highest BCUT2D eigenvalue weighted by atomic mass is 16.5. The van der Waals surface area contributed by atoms with Gasteiger partial charge in [0.2, 0.25) is 0 Å². The number of carbonyl (C=O) groups is 2. The lowest BCUT2D eigenvalue weighted by Gasteiger charge is -2.12. The van der Waals surface area contributed by atoms with E-state index in [4.69, 9.17) is 0 Å². The van der Waals surface area contributed by atoms with E-state index in [9.17, 15) is 24.9 Å². The van der Waals surface area contributed by atoms with E-state index in [0.717, 1.165) is 13.2 Å². The van der Waals surface area contributed by atoms with Crippen LogP contribution in [0.25, 0.3) is 10.8 Å². The Morgan fingerprint density at radius 3 is 2.43 bits per heavy atom. The number of hydrogen-bond donors (Lipinski definition) is 3. The summed E-state index contributed by atoms with van der Waals surface area (Å²) >= 11 is 0. The first kappa shape index (κ1) is 14.6. The Kier molecular flexibility index (Phi) is 3.71. The summed E-state index contributed by atoms with van der Waals surface area (Å²) in [7, 11) is 1.16. The molecular formula is C15H14O6. The van der Waals surface area contributed by atoms with Crippen molar-refractivity contribution in [3.05, 3.63) is 29.3 Å². The molecule has 110 valence electrons. The molecular weight excluding hydrogens is 276 g/mol. The SMILES string of the molecule is COC(=O)CC(=O)c1c(C)cc2cc(O)cc(O)c2c1O. The molecule has 2 aromatic carbocycles. The van der Waals surface area contributed by atoms with Crippen LogP contribution in [0.15, 0.2) is 18.2 Å². The quantitative estimate of drug-likeness (QED) is 0.454. The number of fused-ring (bicyclic) bond motifs is 1. The number of aromatic hydroxyl groups is 3. The molecule has 0 aromatic heterocycles. The van der Waals surface area contributed by atoms with Crippen molar-refractivity contribution in [1.82, 2.24) is 0 Å². The van der Waals surface area contributed by atoms with Gasteiger partial charge in [-0.3, -0.25) is 9.59 Å². The van der Waals surface area contributed by atoms with Gasteiger partial charge in [0.1, 0.15) is 23.7 Å². The van der Waals surface area contributed by atoms with E-state index in [1.807, 2.05) is 0 Å². The summed E-state index contributed by atoms with van der Waals surface area (Å²) < 4.78 is 4.43. The largest absolute Gasteiger partial charge is 0.508 e. The average molecular weight is 290 g/mol. The van der Waals surface area contributed by atoms with Crippen LogP contribution in [-0.4, -0.2) is 34.2 Å². The molecule has 2 aromatic rings. The van der Waals surface area contributed by atoms with E-state index in [1.54, 1.807) is 13.0 Å². The molecule has 0 heterocycles. The molecule has 21 heavy (non-hydrogen) atoms. The smallest absolute Gasteiger partial charge is 0.313 e. The molecule has 0 atom stereocenters. The summed E-state index contributed by atoms with van der Waals surface area (Å²) in [5.74, 6) is -2.25. The van der Waals surface area contributed by atoms with Gasteiger partial charge in [-0.2, -0.15) is 0 Å². The molecule has 0 aliphatic carbocycles. The minimum atomic E-state index is -0.714. The van der Waals surface area contributed by atoms with Gasteiger partial charge in [-0.15, -0.1) is 0 Å². The number of phenolic OH excluding ortho intramolecular Hbond substituents is 3. The third-order valence-electron chi connectivity index (χ3n) is 3.18. The average Bonchev–Trinajstić information content (AvgIpc) is 2.36. The van der Waals surface area contributed by atoms with E-state index in [2.05, 4.69) is 4.74 Å². The van der Waals surface area contributed by atoms with E-state index >= 15 is 0 Å². The van der Waals surface area contributed by atoms with Gasteiger partial charge >= 0.3 is 5.97 Å². The highest BCUT2D eigenvalue weighted by molar-refractivity contribution is 6.12. The van der Waals surface area contributed by atoms with Crippen molar-refractivity contribution >= 4 is 22.5 Å². The van der Waals surface area contributed by atoms with Crippen molar-refractivity contribution in [3.63, 3.8) is 0 Å². The number of phenols is 3. The van der Waals surface area contributed by atoms with Gasteiger partial charge < -0.3 is 20.1 Å². The van der Waals surface area contributed by atoms with Crippen LogP contribution in [0.3, 0.4) is 0 Å². The number of hydrogen-bond acceptors (Lipinski definition) is 6. The van der Waals surface area contributed by atoms with Gasteiger partial charge in [0.15, 0.2) is 5.78 Å². The fourth-order valence-corrected chi connectivity index (χ4v) is 2.27. The van der Waals surface area contributed by atoms with Crippen molar-refractivity contribution < 1.29 is 29.6 Å². The lowest BCUT2D eigenvalue weighted by Crippen LogP contribution is -2.11. The lowest BCUT2D eigenvalue weighted by atomic mass is 9.95. The van der Waals surface area contributed by atoms with Gasteiger partial charge in [-0.05, 0) is 23.9 Å². The minimum absolute atomic E-state index is 0.0473. The van der Waals surface area contributed by atoms with Gasteiger partial charge in [-0.25, -0.2) is 0 Å². The van der Waals surface area contributed by atoms with E-state index in [1.165, 1.54) is 6.07 Å². The summed E-state index contributed by atoms with van der Waals surface area (Å²) in [6, 6.07) is 3.96. The Morgan fingerprint density at radius 2 is 1.81 bits per heavy atom. The molecule has 0 fully saturated rings. The molecule has 2 rings (SSSR count). The van der Waals surface area contributed by atoms with Crippen LogP contribution in [0.1, 0.15) is 22.3 Å². The fraction of sp³-hybridized carbons (Fsp3) is 0.200. The second-order valence-electron chi connectivity index (χ2n) is 4.66. The number of ketones is 1. The Balaban J connectivity index is 2.65. The molecule has 6 heteroatoms. The molecule has 0 bridgehead atoms. The zero-order valence-electron chi connectivity index (χ0n) is 11.5. The first-order chi connectivity index (χ1) is 9.85. The van der Waals surface area contributed by atoms with Gasteiger partial charge in [0, 0.05) is 6.07 Å². The molecule has 0 saturated carbocycles. The number of esters is 1. The molecule has 3 N–H and O–H groups in total. The predicted octanol–water partition coefficient (Wildman–Crippen LogP) is 2.01. The fourth-order valence-electron chi connectivity index (χ4n) is 2.27. The number of benzene rings is 2. The van der Waals surface area contributed by atoms with Crippen molar-refractivity contribution in [1.29, 1.82) is 0 Å². The second kappa shape index (κ2) is 5.32. The number of rotatable bonds is 3. The molecule has 0 spiro atoms. The number of aryl methyl sites for hydroxylation is 1. The number of ether oxygens (including phenoxy) is 1. The Labute approximate surface area is 120 Å². The predicted molar refractivity (Wildman–Crippen MR) is 74.6 cm³/mol. The van der Waals surface area contributed by atoms with Crippen molar-refractivity contribution in [3.8, 4) is 17.2 Å². The molecule has 0 radical (unpaired) electrons. The van der Waals surface area contributed by atoms with E-state index in [0.29, 0.717) is 10.9 Å². The number of carbonyl (C=O) groups excluding carboxylic acids is 2. The Morgan fingerprint density at radius 1 is 1.14 bits per heavy atom. The van der Waals surface area contributed by atoms with Gasteiger partial charge in [0.25, 0.3) is 0 Å². The number of methoxy groups -OCH3 is 1. The zero-order chi connectivity index (χ0) is 15.7. The number of Topliss-reactive ketones (excluding diaryl/α,β-unsaturated/α-hetero) is 1. The summed E-state index contributed by atoms with van der Waals surface area (Å²) in [5.41, 5.74) is 0.382. The molecule has 0 amide bonds. The summed E-state index contributed by atoms with van der Waals surface area (Å²) in [6.07, 6.45) is -0.505. The van der Waals surface area contributed by atoms with Crippen LogP contribution in [0.4, 0.5) is 0 Å². The third-order valence-corrected chi connectivity index (χ3v) is 3.18. The minimum Gasteiger partial charge on any atom is -0.508 e. The Hall–Kier alpha value is -2.76. The highest BCUT2D eigenvalue weighted by Gasteiger charge is 2.22. The van der Waals surface area contributed by atoms with E-state index in [-0.39, 0.29) is 22.4 Å². The maximum atomic E-state index is 12.1. The van der Waals surface area contributed by atoms with Crippen molar-refractivity contribution in [2.24, 2.45) is 0 Å². The summed E-state index contributed by atoms with van der Waals surface area (Å²) in [4.78, 5) is 23.3. The van der Waals surface area contributed by atoms with Crippen molar-refractivity contribution in [2.45, 2.75) is 13.3 Å². The summed E-state index contributed by atoms with van der Waals surface area (Å²) in [6.45, 7) is 1.59. The molecule has 0 unspecified atom stereocenters. The van der Waals surface area contributed by atoms with Crippen LogP contribution >= 0.6 is 0 Å². The first-order valence-corrected chi connectivity index (χ1v) is 6.13. The molecule has 0 aliphatic rings. The van der Waals surface area contributed by atoms with Gasteiger partial charge in [0.05, 0.1) is 18.1 Å².